The first-order valence-corrected chi connectivity index (χ1v) is 22.1. The number of allylic oxidation sites excluding steroid dienone is 10. The molecule has 0 fully saturated rings. The molecule has 0 radical (unpaired) electrons. The zero-order chi connectivity index (χ0) is 38.9. The summed E-state index contributed by atoms with van der Waals surface area (Å²) in [5.41, 5.74) is 0. The molecular formula is C47H83NO5. The van der Waals surface area contributed by atoms with Gasteiger partial charge in [0, 0.05) is 6.42 Å². The quantitative estimate of drug-likeness (QED) is 0.0333. The van der Waals surface area contributed by atoms with Crippen molar-refractivity contribution < 1.29 is 24.5 Å². The Kier molecular flexibility index (Phi) is 38.9. The fraction of sp³-hybridized carbons (Fsp3) is 0.745. The second kappa shape index (κ2) is 40.7. The lowest BCUT2D eigenvalue weighted by Gasteiger charge is -2.24. The van der Waals surface area contributed by atoms with Crippen LogP contribution < -0.4 is 5.32 Å². The van der Waals surface area contributed by atoms with E-state index < -0.39 is 18.2 Å². The predicted molar refractivity (Wildman–Crippen MR) is 227 cm³/mol. The van der Waals surface area contributed by atoms with Crippen LogP contribution in [0.3, 0.4) is 0 Å². The summed E-state index contributed by atoms with van der Waals surface area (Å²) in [4.78, 5) is 25.9. The molecule has 1 amide bonds. The molecule has 0 aromatic carbocycles. The fourth-order valence-corrected chi connectivity index (χ4v) is 6.40. The summed E-state index contributed by atoms with van der Waals surface area (Å²) in [7, 11) is 0. The molecule has 0 rings (SSSR count). The smallest absolute Gasteiger partial charge is 0.306 e. The Morgan fingerprint density at radius 2 is 1.00 bits per heavy atom. The molecule has 0 saturated heterocycles. The summed E-state index contributed by atoms with van der Waals surface area (Å²) in [5.74, 6) is -0.566. The second-order valence-corrected chi connectivity index (χ2v) is 14.8. The van der Waals surface area contributed by atoms with Crippen molar-refractivity contribution in [2.45, 2.75) is 219 Å². The van der Waals surface area contributed by atoms with Crippen molar-refractivity contribution in [3.8, 4) is 0 Å². The van der Waals surface area contributed by atoms with Gasteiger partial charge in [0.15, 0.2) is 0 Å². The monoisotopic (exact) mass is 742 g/mol. The Morgan fingerprint density at radius 1 is 0.566 bits per heavy atom. The molecule has 3 N–H and O–H groups in total. The summed E-state index contributed by atoms with van der Waals surface area (Å²) in [6, 6.07) is -0.713. The lowest BCUT2D eigenvalue weighted by atomic mass is 10.0. The molecule has 0 aliphatic rings. The van der Waals surface area contributed by atoms with Gasteiger partial charge >= 0.3 is 5.97 Å². The van der Waals surface area contributed by atoms with Crippen LogP contribution in [0.1, 0.15) is 201 Å². The molecule has 53 heavy (non-hydrogen) atoms. The van der Waals surface area contributed by atoms with Crippen LogP contribution in [0.5, 0.6) is 0 Å². The van der Waals surface area contributed by atoms with Gasteiger partial charge in [-0.25, -0.2) is 0 Å². The number of amides is 1. The Balaban J connectivity index is 4.66. The van der Waals surface area contributed by atoms with Crippen LogP contribution in [0.25, 0.3) is 0 Å². The van der Waals surface area contributed by atoms with Gasteiger partial charge in [0.05, 0.1) is 25.2 Å². The highest BCUT2D eigenvalue weighted by Crippen LogP contribution is 2.17. The first-order chi connectivity index (χ1) is 26.0. The third-order valence-corrected chi connectivity index (χ3v) is 9.74. The fourth-order valence-electron chi connectivity index (χ4n) is 6.40. The van der Waals surface area contributed by atoms with Crippen LogP contribution in [0.15, 0.2) is 60.8 Å². The van der Waals surface area contributed by atoms with Crippen molar-refractivity contribution in [3.63, 3.8) is 0 Å². The third-order valence-electron chi connectivity index (χ3n) is 9.74. The molecule has 306 valence electrons. The number of carbonyl (C=O) groups excluding carboxylic acids is 2. The minimum absolute atomic E-state index is 0.0485. The molecule has 0 aromatic rings. The van der Waals surface area contributed by atoms with E-state index in [0.717, 1.165) is 51.4 Å². The highest BCUT2D eigenvalue weighted by Gasteiger charge is 2.24. The van der Waals surface area contributed by atoms with Crippen LogP contribution in [0.4, 0.5) is 0 Å². The molecule has 0 bridgehead atoms. The van der Waals surface area contributed by atoms with Crippen molar-refractivity contribution in [2.24, 2.45) is 0 Å². The van der Waals surface area contributed by atoms with Gasteiger partial charge in [-0.3, -0.25) is 9.59 Å². The number of rotatable bonds is 38. The van der Waals surface area contributed by atoms with E-state index >= 15 is 0 Å². The van der Waals surface area contributed by atoms with Gasteiger partial charge in [-0.2, -0.15) is 0 Å². The second-order valence-electron chi connectivity index (χ2n) is 14.8. The molecule has 3 unspecified atom stereocenters. The van der Waals surface area contributed by atoms with Gasteiger partial charge in [0.25, 0.3) is 0 Å². The molecule has 3 atom stereocenters. The largest absolute Gasteiger partial charge is 0.462 e. The molecule has 0 spiro atoms. The van der Waals surface area contributed by atoms with Crippen molar-refractivity contribution >= 4 is 11.9 Å². The minimum atomic E-state index is -0.797. The molecule has 0 heterocycles. The van der Waals surface area contributed by atoms with Crippen molar-refractivity contribution in [1.82, 2.24) is 5.32 Å². The van der Waals surface area contributed by atoms with Crippen LogP contribution in [-0.2, 0) is 14.3 Å². The predicted octanol–water partition coefficient (Wildman–Crippen LogP) is 12.5. The minimum Gasteiger partial charge on any atom is -0.462 e. The van der Waals surface area contributed by atoms with Crippen LogP contribution in [0.2, 0.25) is 0 Å². The molecule has 0 aromatic heterocycles. The zero-order valence-corrected chi connectivity index (χ0v) is 34.6. The molecule has 0 aliphatic heterocycles. The first-order valence-electron chi connectivity index (χ1n) is 22.1. The number of aliphatic hydroxyl groups is 2. The Labute approximate surface area is 327 Å². The van der Waals surface area contributed by atoms with Gasteiger partial charge in [-0.05, 0) is 38.5 Å². The number of unbranched alkanes of at least 4 members (excludes halogenated alkanes) is 20. The van der Waals surface area contributed by atoms with Gasteiger partial charge in [0.2, 0.25) is 5.91 Å². The molecule has 6 heteroatoms. The van der Waals surface area contributed by atoms with E-state index in [2.05, 4.69) is 32.2 Å². The number of esters is 1. The summed E-state index contributed by atoms with van der Waals surface area (Å²) < 4.78 is 5.84. The number of carbonyl (C=O) groups is 2. The van der Waals surface area contributed by atoms with E-state index in [-0.39, 0.29) is 24.9 Å². The number of hydrogen-bond acceptors (Lipinski definition) is 5. The van der Waals surface area contributed by atoms with Crippen LogP contribution in [-0.4, -0.2) is 46.9 Å². The highest BCUT2D eigenvalue weighted by atomic mass is 16.5. The van der Waals surface area contributed by atoms with E-state index in [1.165, 1.54) is 96.3 Å². The van der Waals surface area contributed by atoms with E-state index in [0.29, 0.717) is 25.7 Å². The van der Waals surface area contributed by atoms with E-state index in [1.807, 2.05) is 54.7 Å². The Morgan fingerprint density at radius 3 is 1.47 bits per heavy atom. The average Bonchev–Trinajstić information content (AvgIpc) is 3.15. The van der Waals surface area contributed by atoms with Gasteiger partial charge in [-0.15, -0.1) is 0 Å². The van der Waals surface area contributed by atoms with E-state index in [4.69, 9.17) is 4.74 Å². The lowest BCUT2D eigenvalue weighted by Crippen LogP contribution is -2.46. The summed E-state index contributed by atoms with van der Waals surface area (Å²) in [6.45, 7) is 6.28. The zero-order valence-electron chi connectivity index (χ0n) is 34.6. The Bertz CT molecular complexity index is 968. The Hall–Kier alpha value is -2.44. The van der Waals surface area contributed by atoms with Gasteiger partial charge in [-0.1, -0.05) is 210 Å². The van der Waals surface area contributed by atoms with Crippen LogP contribution in [0, 0.1) is 0 Å². The molecule has 0 saturated carbocycles. The maximum Gasteiger partial charge on any atom is 0.306 e. The molecule has 6 nitrogen and oxygen atoms in total. The maximum absolute atomic E-state index is 13.1. The molecular weight excluding hydrogens is 659 g/mol. The lowest BCUT2D eigenvalue weighted by molar-refractivity contribution is -0.151. The SMILES string of the molecule is CC/C=C/C=C/C=C\C=C/C=C/CCCC(=O)OC(CCCCCCCCCCC)CC(=O)NC(CO)C(O)CCCCCCCCCCCCCC. The summed E-state index contributed by atoms with van der Waals surface area (Å²) in [5, 5.41) is 23.6. The molecule has 0 aliphatic carbocycles. The first kappa shape index (κ1) is 50.6. The highest BCUT2D eigenvalue weighted by molar-refractivity contribution is 5.77. The van der Waals surface area contributed by atoms with E-state index in [9.17, 15) is 19.8 Å². The summed E-state index contributed by atoms with van der Waals surface area (Å²) in [6.07, 6.45) is 48.6. The van der Waals surface area contributed by atoms with Gasteiger partial charge in [0.1, 0.15) is 6.10 Å². The topological polar surface area (TPSA) is 95.9 Å². The normalized spacial score (nSPS) is 14.0. The third kappa shape index (κ3) is 36.3. The summed E-state index contributed by atoms with van der Waals surface area (Å²) >= 11 is 0. The van der Waals surface area contributed by atoms with Crippen molar-refractivity contribution in [3.05, 3.63) is 60.8 Å². The number of nitrogens with one attached hydrogen (secondary N) is 1. The van der Waals surface area contributed by atoms with Crippen LogP contribution >= 0.6 is 0 Å². The van der Waals surface area contributed by atoms with E-state index in [1.54, 1.807) is 0 Å². The van der Waals surface area contributed by atoms with Gasteiger partial charge < -0.3 is 20.3 Å². The maximum atomic E-state index is 13.1. The van der Waals surface area contributed by atoms with Crippen molar-refractivity contribution in [2.75, 3.05) is 6.61 Å². The number of aliphatic hydroxyl groups excluding tert-OH is 2. The standard InChI is InChI=1S/C47H83NO5/c1-4-7-10-13-16-19-21-23-25-28-31-34-37-40-47(52)53-43(38-35-32-29-26-18-15-12-9-6-3)41-46(51)48-44(42-49)45(50)39-36-33-30-27-24-22-20-17-14-11-8-5-2/h7,10,13,16,19,21,23,25,28,31,43-45,49-50H,4-6,8-9,11-12,14-15,17-18,20,22,24,26-27,29-30,32-42H2,1-3H3,(H,48,51)/b10-7+,16-13+,21-19-,25-23-,31-28+. The average molecular weight is 742 g/mol. The number of ether oxygens (including phenoxy) is 1. The number of hydrogen-bond donors (Lipinski definition) is 3. The van der Waals surface area contributed by atoms with Crippen molar-refractivity contribution in [1.29, 1.82) is 0 Å².